The summed E-state index contributed by atoms with van der Waals surface area (Å²) in [7, 11) is 0. The molecule has 17 heavy (non-hydrogen) atoms. The van der Waals surface area contributed by atoms with Gasteiger partial charge in [-0.2, -0.15) is 0 Å². The van der Waals surface area contributed by atoms with Crippen molar-refractivity contribution >= 4 is 22.2 Å². The van der Waals surface area contributed by atoms with Gasteiger partial charge < -0.3 is 0 Å². The molecule has 0 aliphatic heterocycles. The minimum atomic E-state index is -0.470. The van der Waals surface area contributed by atoms with Gasteiger partial charge in [0.05, 0.1) is 16.2 Å². The molecule has 1 aromatic heterocycles. The van der Waals surface area contributed by atoms with Gasteiger partial charge in [0.1, 0.15) is 0 Å². The molecule has 1 aromatic carbocycles. The van der Waals surface area contributed by atoms with Crippen molar-refractivity contribution in [1.82, 2.24) is 4.98 Å². The van der Waals surface area contributed by atoms with Crippen molar-refractivity contribution in [3.63, 3.8) is 0 Å². The molecule has 0 saturated heterocycles. The molecular weight excluding hydrogens is 242 g/mol. The summed E-state index contributed by atoms with van der Waals surface area (Å²) in [6.07, 6.45) is 0. The van der Waals surface area contributed by atoms with Crippen LogP contribution < -0.4 is 0 Å². The Morgan fingerprint density at radius 1 is 1.47 bits per heavy atom. The van der Waals surface area contributed by atoms with Gasteiger partial charge in [-0.15, -0.1) is 11.3 Å². The number of nitrogens with zero attached hydrogens (tertiary/aromatic N) is 5. The molecule has 1 heterocycles. The first-order valence-electron chi connectivity index (χ1n) is 4.47. The zero-order valence-corrected chi connectivity index (χ0v) is 9.16. The topological polar surface area (TPSA) is 105 Å². The lowest BCUT2D eigenvalue weighted by Gasteiger charge is -1.97. The van der Waals surface area contributed by atoms with E-state index in [9.17, 15) is 10.1 Å². The predicted octanol–water partition coefficient (Wildman–Crippen LogP) is 3.66. The summed E-state index contributed by atoms with van der Waals surface area (Å²) < 4.78 is 0. The van der Waals surface area contributed by atoms with E-state index in [1.165, 1.54) is 6.07 Å². The molecule has 0 N–H and O–H groups in total. The molecule has 0 bridgehead atoms. The molecule has 0 fully saturated rings. The Labute approximate surface area is 99.1 Å². The molecule has 0 radical (unpaired) electrons. The van der Waals surface area contributed by atoms with Gasteiger partial charge in [-0.05, 0) is 16.7 Å². The van der Waals surface area contributed by atoms with Gasteiger partial charge in [0.2, 0.25) is 0 Å². The lowest BCUT2D eigenvalue weighted by atomic mass is 10.1. The van der Waals surface area contributed by atoms with Crippen LogP contribution in [-0.2, 0) is 0 Å². The van der Waals surface area contributed by atoms with E-state index in [1.807, 2.05) is 0 Å². The number of nitro benzene ring substituents is 1. The highest BCUT2D eigenvalue weighted by Crippen LogP contribution is 2.32. The Morgan fingerprint density at radius 2 is 2.24 bits per heavy atom. The molecule has 0 amide bonds. The number of benzene rings is 1. The average Bonchev–Trinajstić information content (AvgIpc) is 2.78. The third-order valence-corrected chi connectivity index (χ3v) is 2.72. The molecule has 8 heteroatoms. The molecule has 0 aliphatic carbocycles. The Hall–Kier alpha value is -2.44. The van der Waals surface area contributed by atoms with E-state index >= 15 is 0 Å². The largest absolute Gasteiger partial charge is 0.278 e. The number of hydrogen-bond acceptors (Lipinski definition) is 5. The summed E-state index contributed by atoms with van der Waals surface area (Å²) >= 11 is 1.14. The summed E-state index contributed by atoms with van der Waals surface area (Å²) in [5, 5.41) is 16.0. The molecule has 0 aliphatic rings. The molecule has 84 valence electrons. The zero-order chi connectivity index (χ0) is 12.3. The first-order valence-corrected chi connectivity index (χ1v) is 5.35. The highest BCUT2D eigenvalue weighted by molar-refractivity contribution is 7.13. The Bertz CT molecular complexity index is 617. The highest BCUT2D eigenvalue weighted by atomic mass is 32.1. The van der Waals surface area contributed by atoms with E-state index in [2.05, 4.69) is 15.0 Å². The second-order valence-electron chi connectivity index (χ2n) is 2.98. The minimum Gasteiger partial charge on any atom is -0.258 e. The fourth-order valence-electron chi connectivity index (χ4n) is 1.32. The first kappa shape index (κ1) is 11.1. The maximum absolute atomic E-state index is 10.8. The second kappa shape index (κ2) is 4.60. The number of rotatable bonds is 3. The lowest BCUT2D eigenvalue weighted by Crippen LogP contribution is -1.91. The van der Waals surface area contributed by atoms with Gasteiger partial charge in [-0.25, -0.2) is 4.98 Å². The molecule has 2 rings (SSSR count). The monoisotopic (exact) mass is 247 g/mol. The summed E-state index contributed by atoms with van der Waals surface area (Å²) in [6, 6.07) is 6.28. The number of azide groups is 1. The lowest BCUT2D eigenvalue weighted by molar-refractivity contribution is -0.384. The summed E-state index contributed by atoms with van der Waals surface area (Å²) in [5.74, 6) is 0. The quantitative estimate of drug-likeness (QED) is 0.271. The van der Waals surface area contributed by atoms with Crippen molar-refractivity contribution in [2.75, 3.05) is 0 Å². The van der Waals surface area contributed by atoms with Crippen molar-refractivity contribution in [1.29, 1.82) is 0 Å². The van der Waals surface area contributed by atoms with Crippen molar-refractivity contribution in [2.45, 2.75) is 0 Å². The van der Waals surface area contributed by atoms with Crippen LogP contribution in [0.3, 0.4) is 0 Å². The zero-order valence-electron chi connectivity index (χ0n) is 8.35. The SMILES string of the molecule is [N-]=[N+]=Nc1nc(-c2ccccc2[N+](=O)[O-])cs1. The van der Waals surface area contributed by atoms with Crippen LogP contribution in [0.15, 0.2) is 34.8 Å². The molecule has 0 spiro atoms. The van der Waals surface area contributed by atoms with Crippen LogP contribution in [-0.4, -0.2) is 9.91 Å². The Kier molecular flexibility index (Phi) is 2.99. The van der Waals surface area contributed by atoms with Crippen molar-refractivity contribution in [3.05, 3.63) is 50.2 Å². The summed E-state index contributed by atoms with van der Waals surface area (Å²) in [4.78, 5) is 17.0. The van der Waals surface area contributed by atoms with Gasteiger partial charge in [-0.1, -0.05) is 12.1 Å². The van der Waals surface area contributed by atoms with Crippen molar-refractivity contribution in [2.24, 2.45) is 5.11 Å². The fourth-order valence-corrected chi connectivity index (χ4v) is 1.95. The standard InChI is InChI=1S/C9H5N5O2S/c10-13-12-9-11-7(5-17-9)6-3-1-2-4-8(6)14(15)16/h1-5H. The predicted molar refractivity (Wildman–Crippen MR) is 63.0 cm³/mol. The molecule has 0 unspecified atom stereocenters. The van der Waals surface area contributed by atoms with Crippen LogP contribution in [0.4, 0.5) is 10.8 Å². The van der Waals surface area contributed by atoms with Crippen LogP contribution in [0.2, 0.25) is 0 Å². The molecular formula is C9H5N5O2S. The second-order valence-corrected chi connectivity index (χ2v) is 3.82. The van der Waals surface area contributed by atoms with E-state index in [4.69, 9.17) is 5.53 Å². The average molecular weight is 247 g/mol. The van der Waals surface area contributed by atoms with Crippen LogP contribution in [0.25, 0.3) is 21.7 Å². The van der Waals surface area contributed by atoms with E-state index in [1.54, 1.807) is 23.6 Å². The molecule has 7 nitrogen and oxygen atoms in total. The Balaban J connectivity index is 2.52. The van der Waals surface area contributed by atoms with E-state index in [-0.39, 0.29) is 10.8 Å². The minimum absolute atomic E-state index is 0.0229. The number of hydrogen-bond donors (Lipinski definition) is 0. The summed E-state index contributed by atoms with van der Waals surface area (Å²) in [5.41, 5.74) is 9.08. The summed E-state index contributed by atoms with van der Waals surface area (Å²) in [6.45, 7) is 0. The van der Waals surface area contributed by atoms with Gasteiger partial charge in [-0.3, -0.25) is 10.1 Å². The number of para-hydroxylation sites is 1. The highest BCUT2D eigenvalue weighted by Gasteiger charge is 2.16. The Morgan fingerprint density at radius 3 is 2.94 bits per heavy atom. The first-order chi connectivity index (χ1) is 8.22. The van der Waals surface area contributed by atoms with E-state index in [0.29, 0.717) is 11.3 Å². The fraction of sp³-hybridized carbons (Fsp3) is 0. The van der Waals surface area contributed by atoms with Crippen LogP contribution in [0, 0.1) is 10.1 Å². The van der Waals surface area contributed by atoms with Crippen LogP contribution >= 0.6 is 11.3 Å². The normalized spacial score (nSPS) is 9.65. The van der Waals surface area contributed by atoms with Gasteiger partial charge in [0.25, 0.3) is 5.69 Å². The third-order valence-electron chi connectivity index (χ3n) is 2.00. The number of nitro groups is 1. The molecule has 0 atom stereocenters. The number of aromatic nitrogens is 1. The van der Waals surface area contributed by atoms with E-state index < -0.39 is 4.92 Å². The van der Waals surface area contributed by atoms with Crippen molar-refractivity contribution < 1.29 is 4.92 Å². The van der Waals surface area contributed by atoms with Crippen LogP contribution in [0.1, 0.15) is 0 Å². The van der Waals surface area contributed by atoms with Crippen LogP contribution in [0.5, 0.6) is 0 Å². The molecule has 0 saturated carbocycles. The number of thiazole rings is 1. The maximum atomic E-state index is 10.8. The van der Waals surface area contributed by atoms with Gasteiger partial charge in [0, 0.05) is 16.4 Å². The van der Waals surface area contributed by atoms with E-state index in [0.717, 1.165) is 11.3 Å². The maximum Gasteiger partial charge on any atom is 0.278 e. The molecule has 2 aromatic rings. The smallest absolute Gasteiger partial charge is 0.258 e. The third kappa shape index (κ3) is 2.22. The van der Waals surface area contributed by atoms with Crippen molar-refractivity contribution in [3.8, 4) is 11.3 Å². The van der Waals surface area contributed by atoms with Gasteiger partial charge in [0.15, 0.2) is 5.13 Å². The van der Waals surface area contributed by atoms with Gasteiger partial charge >= 0.3 is 0 Å².